The number of rotatable bonds is 4. The van der Waals surface area contributed by atoms with Crippen molar-refractivity contribution >= 4 is 11.8 Å². The van der Waals surface area contributed by atoms with Gasteiger partial charge >= 0.3 is 6.09 Å². The van der Waals surface area contributed by atoms with E-state index >= 15 is 0 Å². The lowest BCUT2D eigenvalue weighted by atomic mass is 10.2. The Labute approximate surface area is 137 Å². The molecule has 24 heavy (non-hydrogen) atoms. The molecule has 2 heterocycles. The summed E-state index contributed by atoms with van der Waals surface area (Å²) in [6, 6.07) is 5.66. The Kier molecular flexibility index (Phi) is 4.36. The molecule has 126 valence electrons. The molecule has 1 saturated heterocycles. The molecule has 1 aromatic carbocycles. The fourth-order valence-corrected chi connectivity index (χ4v) is 2.63. The van der Waals surface area contributed by atoms with Gasteiger partial charge in [-0.1, -0.05) is 0 Å². The molecule has 0 saturated carbocycles. The number of nitro groups is 1. The van der Waals surface area contributed by atoms with Crippen molar-refractivity contribution in [2.24, 2.45) is 7.05 Å². The Morgan fingerprint density at radius 1 is 1.42 bits per heavy atom. The van der Waals surface area contributed by atoms with E-state index in [1.807, 2.05) is 0 Å². The van der Waals surface area contributed by atoms with Gasteiger partial charge in [0, 0.05) is 18.7 Å². The van der Waals surface area contributed by atoms with E-state index in [-0.39, 0.29) is 18.3 Å². The maximum Gasteiger partial charge on any atom is 0.410 e. The summed E-state index contributed by atoms with van der Waals surface area (Å²) in [7, 11) is 1.67. The minimum Gasteiger partial charge on any atom is -0.445 e. The molecular weight excluding hydrogens is 316 g/mol. The van der Waals surface area contributed by atoms with Gasteiger partial charge in [-0.25, -0.2) is 4.79 Å². The Hall–Kier alpha value is -3.04. The van der Waals surface area contributed by atoms with Gasteiger partial charge in [0.2, 0.25) is 0 Å². The van der Waals surface area contributed by atoms with Crippen LogP contribution >= 0.6 is 0 Å². The minimum absolute atomic E-state index is 0.00147. The van der Waals surface area contributed by atoms with E-state index < -0.39 is 11.0 Å². The molecule has 0 aliphatic carbocycles. The highest BCUT2D eigenvalue weighted by molar-refractivity contribution is 5.68. The van der Waals surface area contributed by atoms with Crippen molar-refractivity contribution < 1.29 is 14.5 Å². The summed E-state index contributed by atoms with van der Waals surface area (Å²) < 4.78 is 5.31. The molecule has 0 N–H and O–H groups in total. The van der Waals surface area contributed by atoms with E-state index in [4.69, 9.17) is 4.74 Å². The zero-order valence-corrected chi connectivity index (χ0v) is 13.0. The lowest BCUT2D eigenvalue weighted by Crippen LogP contribution is -2.31. The van der Waals surface area contributed by atoms with Crippen molar-refractivity contribution in [1.29, 1.82) is 0 Å². The Bertz CT molecular complexity index is 744. The molecule has 1 aliphatic rings. The van der Waals surface area contributed by atoms with E-state index in [0.717, 1.165) is 12.8 Å². The predicted molar refractivity (Wildman–Crippen MR) is 80.8 cm³/mol. The monoisotopic (exact) mass is 332 g/mol. The van der Waals surface area contributed by atoms with Crippen LogP contribution in [0.15, 0.2) is 24.3 Å². The topological polar surface area (TPSA) is 116 Å². The van der Waals surface area contributed by atoms with Crippen LogP contribution < -0.4 is 0 Å². The van der Waals surface area contributed by atoms with Gasteiger partial charge in [-0.05, 0) is 35.8 Å². The minimum atomic E-state index is -0.474. The number of ether oxygens (including phenoxy) is 1. The highest BCUT2D eigenvalue weighted by Crippen LogP contribution is 2.30. The second-order valence-electron chi connectivity index (χ2n) is 5.47. The van der Waals surface area contributed by atoms with Gasteiger partial charge in [0.15, 0.2) is 5.82 Å². The van der Waals surface area contributed by atoms with Crippen LogP contribution in [0, 0.1) is 10.1 Å². The predicted octanol–water partition coefficient (Wildman–Crippen LogP) is 1.59. The van der Waals surface area contributed by atoms with E-state index in [9.17, 15) is 14.9 Å². The van der Waals surface area contributed by atoms with Gasteiger partial charge in [-0.2, -0.15) is 4.80 Å². The first-order valence-electron chi connectivity index (χ1n) is 7.45. The summed E-state index contributed by atoms with van der Waals surface area (Å²) in [5.41, 5.74) is 0.681. The maximum atomic E-state index is 12.3. The standard InChI is InChI=1S/C14H16N6O4/c1-18-16-13(15-17-18)12-3-2-8-19(12)14(21)24-9-10-4-6-11(7-5-10)20(22)23/h4-7,12H,2-3,8-9H2,1H3. The first-order chi connectivity index (χ1) is 11.5. The zero-order chi connectivity index (χ0) is 17.1. The highest BCUT2D eigenvalue weighted by atomic mass is 16.6. The van der Waals surface area contributed by atoms with E-state index in [1.54, 1.807) is 24.1 Å². The van der Waals surface area contributed by atoms with E-state index in [2.05, 4.69) is 15.4 Å². The number of aryl methyl sites for hydroxylation is 1. The molecule has 10 heteroatoms. The summed E-state index contributed by atoms with van der Waals surface area (Å²) in [5.74, 6) is 0.502. The molecule has 1 amide bonds. The number of aromatic nitrogens is 4. The summed E-state index contributed by atoms with van der Waals surface area (Å²) >= 11 is 0. The third kappa shape index (κ3) is 3.31. The van der Waals surface area contributed by atoms with Crippen molar-refractivity contribution in [2.45, 2.75) is 25.5 Å². The third-order valence-corrected chi connectivity index (χ3v) is 3.82. The first kappa shape index (κ1) is 15.8. The van der Waals surface area contributed by atoms with Gasteiger partial charge in [0.1, 0.15) is 6.61 Å². The Morgan fingerprint density at radius 2 is 2.17 bits per heavy atom. The molecule has 1 unspecified atom stereocenters. The summed E-state index contributed by atoms with van der Waals surface area (Å²) in [6.45, 7) is 0.621. The van der Waals surface area contributed by atoms with Crippen molar-refractivity contribution in [3.05, 3.63) is 45.8 Å². The van der Waals surface area contributed by atoms with Gasteiger partial charge in [-0.3, -0.25) is 15.0 Å². The molecule has 0 bridgehead atoms. The number of carbonyl (C=O) groups is 1. The molecule has 0 spiro atoms. The lowest BCUT2D eigenvalue weighted by Gasteiger charge is -2.21. The number of benzene rings is 1. The van der Waals surface area contributed by atoms with Crippen LogP contribution in [0.1, 0.15) is 30.3 Å². The number of likely N-dealkylation sites (tertiary alicyclic amines) is 1. The molecular formula is C14H16N6O4. The highest BCUT2D eigenvalue weighted by Gasteiger charge is 2.34. The second kappa shape index (κ2) is 6.60. The number of amides is 1. The largest absolute Gasteiger partial charge is 0.445 e. The van der Waals surface area contributed by atoms with Crippen LogP contribution in [0.4, 0.5) is 10.5 Å². The van der Waals surface area contributed by atoms with Gasteiger partial charge < -0.3 is 4.74 Å². The molecule has 1 aromatic heterocycles. The number of nitro benzene ring substituents is 1. The van der Waals surface area contributed by atoms with Crippen LogP contribution in [0.5, 0.6) is 0 Å². The van der Waals surface area contributed by atoms with Crippen LogP contribution in [-0.2, 0) is 18.4 Å². The van der Waals surface area contributed by atoms with E-state index in [0.29, 0.717) is 17.9 Å². The summed E-state index contributed by atoms with van der Waals surface area (Å²) in [4.78, 5) is 25.4. The fraction of sp³-hybridized carbons (Fsp3) is 0.429. The van der Waals surface area contributed by atoms with Crippen molar-refractivity contribution in [2.75, 3.05) is 6.54 Å². The smallest absolute Gasteiger partial charge is 0.410 e. The van der Waals surface area contributed by atoms with Crippen molar-refractivity contribution in [3.63, 3.8) is 0 Å². The van der Waals surface area contributed by atoms with Crippen LogP contribution in [-0.4, -0.2) is 42.7 Å². The molecule has 0 radical (unpaired) electrons. The average Bonchev–Trinajstić information content (AvgIpc) is 3.21. The van der Waals surface area contributed by atoms with E-state index in [1.165, 1.54) is 16.9 Å². The van der Waals surface area contributed by atoms with Gasteiger partial charge in [-0.15, -0.1) is 10.2 Å². The lowest BCUT2D eigenvalue weighted by molar-refractivity contribution is -0.384. The number of tetrazole rings is 1. The molecule has 10 nitrogen and oxygen atoms in total. The SMILES string of the molecule is Cn1nnc(C2CCCN2C(=O)OCc2ccc([N+](=O)[O-])cc2)n1. The summed E-state index contributed by atoms with van der Waals surface area (Å²) in [5, 5.41) is 22.5. The molecule has 2 aromatic rings. The Morgan fingerprint density at radius 3 is 2.79 bits per heavy atom. The fourth-order valence-electron chi connectivity index (χ4n) is 2.63. The number of hydrogen-bond donors (Lipinski definition) is 0. The Balaban J connectivity index is 1.60. The van der Waals surface area contributed by atoms with Gasteiger partial charge in [0.05, 0.1) is 18.0 Å². The molecule has 1 atom stereocenters. The first-order valence-corrected chi connectivity index (χ1v) is 7.45. The second-order valence-corrected chi connectivity index (χ2v) is 5.47. The van der Waals surface area contributed by atoms with Crippen molar-refractivity contribution in [3.8, 4) is 0 Å². The summed E-state index contributed by atoms with van der Waals surface area (Å²) in [6.07, 6.45) is 1.15. The molecule has 1 aliphatic heterocycles. The molecule has 1 fully saturated rings. The van der Waals surface area contributed by atoms with Crippen LogP contribution in [0.25, 0.3) is 0 Å². The normalized spacial score (nSPS) is 17.0. The number of hydrogen-bond acceptors (Lipinski definition) is 7. The number of nitrogens with zero attached hydrogens (tertiary/aromatic N) is 6. The third-order valence-electron chi connectivity index (χ3n) is 3.82. The zero-order valence-electron chi connectivity index (χ0n) is 13.0. The molecule has 3 rings (SSSR count). The van der Waals surface area contributed by atoms with Crippen molar-refractivity contribution in [1.82, 2.24) is 25.1 Å². The van der Waals surface area contributed by atoms with Gasteiger partial charge in [0.25, 0.3) is 5.69 Å². The number of carbonyl (C=O) groups excluding carboxylic acids is 1. The maximum absolute atomic E-state index is 12.3. The van der Waals surface area contributed by atoms with Crippen LogP contribution in [0.2, 0.25) is 0 Å². The van der Waals surface area contributed by atoms with Crippen LogP contribution in [0.3, 0.4) is 0 Å². The number of non-ortho nitro benzene ring substituents is 1. The average molecular weight is 332 g/mol. The quantitative estimate of drug-likeness (QED) is 0.616.